The normalized spacial score (nSPS) is 16.1. The number of aromatic amines is 1. The molecule has 5 heteroatoms. The zero-order valence-electron chi connectivity index (χ0n) is 13.7. The van der Waals surface area contributed by atoms with Crippen LogP contribution in [0.2, 0.25) is 0 Å². The van der Waals surface area contributed by atoms with E-state index in [1.165, 1.54) is 0 Å². The Labute approximate surface area is 131 Å². The Hall–Kier alpha value is -1.62. The van der Waals surface area contributed by atoms with Crippen molar-refractivity contribution in [1.82, 2.24) is 9.88 Å². The lowest BCUT2D eigenvalue weighted by atomic mass is 9.96. The lowest BCUT2D eigenvalue weighted by molar-refractivity contribution is 0.0644. The number of aryl methyl sites for hydroxylation is 1. The Bertz CT molecular complexity index is 554. The van der Waals surface area contributed by atoms with Gasteiger partial charge in [0, 0.05) is 31.0 Å². The highest BCUT2D eigenvalue weighted by atomic mass is 16.3. The van der Waals surface area contributed by atoms with Crippen LogP contribution in [0, 0.1) is 12.8 Å². The molecule has 122 valence electrons. The van der Waals surface area contributed by atoms with Crippen molar-refractivity contribution in [2.75, 3.05) is 19.7 Å². The molecule has 0 saturated carbocycles. The van der Waals surface area contributed by atoms with Gasteiger partial charge in [-0.05, 0) is 44.6 Å². The molecule has 0 unspecified atom stereocenters. The molecule has 1 amide bonds. The second-order valence-corrected chi connectivity index (χ2v) is 6.20. The van der Waals surface area contributed by atoms with Crippen LogP contribution >= 0.6 is 0 Å². The number of nitrogens with one attached hydrogen (secondary N) is 1. The number of carbonyl (C=O) groups excluding carboxylic acids is 2. The van der Waals surface area contributed by atoms with E-state index in [1.807, 2.05) is 18.7 Å². The summed E-state index contributed by atoms with van der Waals surface area (Å²) in [5, 5.41) is 9.20. The van der Waals surface area contributed by atoms with Gasteiger partial charge in [0.2, 0.25) is 0 Å². The van der Waals surface area contributed by atoms with Gasteiger partial charge in [-0.1, -0.05) is 13.3 Å². The summed E-state index contributed by atoms with van der Waals surface area (Å²) < 4.78 is 0. The van der Waals surface area contributed by atoms with Gasteiger partial charge in [0.05, 0.1) is 0 Å². The summed E-state index contributed by atoms with van der Waals surface area (Å²) >= 11 is 0. The van der Waals surface area contributed by atoms with Crippen LogP contribution in [0.5, 0.6) is 0 Å². The highest BCUT2D eigenvalue weighted by molar-refractivity contribution is 6.02. The molecule has 0 bridgehead atoms. The fraction of sp³-hybridized carbons (Fsp3) is 0.647. The van der Waals surface area contributed by atoms with E-state index >= 15 is 0 Å². The molecule has 0 aromatic carbocycles. The van der Waals surface area contributed by atoms with E-state index in [4.69, 9.17) is 0 Å². The number of nitrogens with zero attached hydrogens (tertiary/aromatic N) is 1. The summed E-state index contributed by atoms with van der Waals surface area (Å²) in [6, 6.07) is 0. The van der Waals surface area contributed by atoms with Crippen LogP contribution < -0.4 is 0 Å². The first-order valence-corrected chi connectivity index (χ1v) is 8.12. The number of H-pyrrole nitrogens is 1. The molecule has 1 fully saturated rings. The van der Waals surface area contributed by atoms with Gasteiger partial charge < -0.3 is 15.0 Å². The van der Waals surface area contributed by atoms with Gasteiger partial charge in [0.1, 0.15) is 5.69 Å². The number of aromatic nitrogens is 1. The van der Waals surface area contributed by atoms with Crippen LogP contribution in [0.15, 0.2) is 0 Å². The van der Waals surface area contributed by atoms with Crippen LogP contribution in [0.25, 0.3) is 0 Å². The fourth-order valence-electron chi connectivity index (χ4n) is 3.31. The van der Waals surface area contributed by atoms with Crippen molar-refractivity contribution < 1.29 is 14.7 Å². The molecule has 1 aliphatic rings. The Balaban J connectivity index is 2.26. The number of carbonyl (C=O) groups is 2. The zero-order valence-corrected chi connectivity index (χ0v) is 13.7. The van der Waals surface area contributed by atoms with Crippen LogP contribution in [-0.2, 0) is 6.42 Å². The number of amides is 1. The molecule has 1 aliphatic heterocycles. The van der Waals surface area contributed by atoms with Crippen molar-refractivity contribution in [1.29, 1.82) is 0 Å². The molecule has 2 N–H and O–H groups in total. The van der Waals surface area contributed by atoms with Crippen molar-refractivity contribution in [2.45, 2.75) is 46.5 Å². The number of likely N-dealkylation sites (tertiary alicyclic amines) is 1. The molecule has 0 aliphatic carbocycles. The Morgan fingerprint density at radius 3 is 2.45 bits per heavy atom. The van der Waals surface area contributed by atoms with Crippen LogP contribution in [-0.4, -0.2) is 46.4 Å². The number of Topliss-reactive ketones (excluding diaryl/α,β-unsaturated/α-hetero) is 1. The van der Waals surface area contributed by atoms with Crippen LogP contribution in [0.1, 0.15) is 65.2 Å². The number of piperidine rings is 1. The molecule has 0 radical (unpaired) electrons. The number of rotatable bonds is 5. The lowest BCUT2D eigenvalue weighted by Gasteiger charge is -2.31. The van der Waals surface area contributed by atoms with E-state index in [0.717, 1.165) is 36.9 Å². The molecule has 0 spiro atoms. The zero-order chi connectivity index (χ0) is 16.3. The predicted octanol–water partition coefficient (Wildman–Crippen LogP) is 2.32. The number of hydrogen-bond donors (Lipinski definition) is 2. The summed E-state index contributed by atoms with van der Waals surface area (Å²) in [6.45, 7) is 6.99. The molecule has 1 aromatic rings. The molecular formula is C17H26N2O3. The smallest absolute Gasteiger partial charge is 0.270 e. The SMILES string of the molecule is CCCc1c(C(=O)N2CCC(CO)CC2)[nH]c(C)c1C(C)=O. The average molecular weight is 306 g/mol. The molecule has 1 saturated heterocycles. The van der Waals surface area contributed by atoms with Gasteiger partial charge in [-0.25, -0.2) is 0 Å². The minimum Gasteiger partial charge on any atom is -0.396 e. The number of hydrogen-bond acceptors (Lipinski definition) is 3. The third kappa shape index (κ3) is 3.24. The fourth-order valence-corrected chi connectivity index (χ4v) is 3.31. The monoisotopic (exact) mass is 306 g/mol. The Morgan fingerprint density at radius 1 is 1.32 bits per heavy atom. The first kappa shape index (κ1) is 16.7. The molecule has 5 nitrogen and oxygen atoms in total. The van der Waals surface area contributed by atoms with Gasteiger partial charge in [0.25, 0.3) is 5.91 Å². The quantitative estimate of drug-likeness (QED) is 0.820. The van der Waals surface area contributed by atoms with E-state index in [0.29, 0.717) is 30.3 Å². The van der Waals surface area contributed by atoms with Gasteiger partial charge in [-0.2, -0.15) is 0 Å². The third-order valence-electron chi connectivity index (χ3n) is 4.52. The minimum absolute atomic E-state index is 0.00948. The van der Waals surface area contributed by atoms with Crippen molar-refractivity contribution in [3.05, 3.63) is 22.5 Å². The second-order valence-electron chi connectivity index (χ2n) is 6.20. The summed E-state index contributed by atoms with van der Waals surface area (Å²) in [5.74, 6) is 0.294. The molecule has 2 heterocycles. The average Bonchev–Trinajstić information content (AvgIpc) is 2.83. The number of ketones is 1. The Morgan fingerprint density at radius 2 is 1.95 bits per heavy atom. The summed E-state index contributed by atoms with van der Waals surface area (Å²) in [4.78, 5) is 29.7. The maximum Gasteiger partial charge on any atom is 0.270 e. The highest BCUT2D eigenvalue weighted by Gasteiger charge is 2.28. The van der Waals surface area contributed by atoms with Crippen molar-refractivity contribution in [3.63, 3.8) is 0 Å². The maximum atomic E-state index is 12.8. The molecule has 1 aromatic heterocycles. The third-order valence-corrected chi connectivity index (χ3v) is 4.52. The lowest BCUT2D eigenvalue weighted by Crippen LogP contribution is -2.39. The maximum absolute atomic E-state index is 12.8. The minimum atomic E-state index is -0.0181. The van der Waals surface area contributed by atoms with Crippen molar-refractivity contribution in [3.8, 4) is 0 Å². The van der Waals surface area contributed by atoms with Gasteiger partial charge in [-0.3, -0.25) is 9.59 Å². The number of aliphatic hydroxyl groups excluding tert-OH is 1. The van der Waals surface area contributed by atoms with E-state index in [-0.39, 0.29) is 18.3 Å². The summed E-state index contributed by atoms with van der Waals surface area (Å²) in [5.41, 5.74) is 2.90. The van der Waals surface area contributed by atoms with E-state index in [9.17, 15) is 14.7 Å². The van der Waals surface area contributed by atoms with Crippen molar-refractivity contribution >= 4 is 11.7 Å². The van der Waals surface area contributed by atoms with Gasteiger partial charge >= 0.3 is 0 Å². The van der Waals surface area contributed by atoms with E-state index < -0.39 is 0 Å². The Kier molecular flexibility index (Phi) is 5.40. The summed E-state index contributed by atoms with van der Waals surface area (Å²) in [6.07, 6.45) is 3.30. The van der Waals surface area contributed by atoms with Gasteiger partial charge in [-0.15, -0.1) is 0 Å². The molecule has 22 heavy (non-hydrogen) atoms. The van der Waals surface area contributed by atoms with Crippen LogP contribution in [0.3, 0.4) is 0 Å². The molecular weight excluding hydrogens is 280 g/mol. The first-order chi connectivity index (χ1) is 10.5. The van der Waals surface area contributed by atoms with Crippen molar-refractivity contribution in [2.24, 2.45) is 5.92 Å². The highest BCUT2D eigenvalue weighted by Crippen LogP contribution is 2.25. The molecule has 2 rings (SSSR count). The summed E-state index contributed by atoms with van der Waals surface area (Å²) in [7, 11) is 0. The number of aliphatic hydroxyl groups is 1. The van der Waals surface area contributed by atoms with E-state index in [2.05, 4.69) is 4.98 Å². The standard InChI is InChI=1S/C17H26N2O3/c1-4-5-14-15(12(3)21)11(2)18-16(14)17(22)19-8-6-13(10-20)7-9-19/h13,18,20H,4-10H2,1-3H3. The molecule has 0 atom stereocenters. The van der Waals surface area contributed by atoms with Crippen LogP contribution in [0.4, 0.5) is 0 Å². The first-order valence-electron chi connectivity index (χ1n) is 8.12. The largest absolute Gasteiger partial charge is 0.396 e. The van der Waals surface area contributed by atoms with E-state index in [1.54, 1.807) is 6.92 Å². The second kappa shape index (κ2) is 7.09. The topological polar surface area (TPSA) is 73.4 Å². The predicted molar refractivity (Wildman–Crippen MR) is 85.2 cm³/mol. The van der Waals surface area contributed by atoms with Gasteiger partial charge in [0.15, 0.2) is 5.78 Å².